The summed E-state index contributed by atoms with van der Waals surface area (Å²) >= 11 is 0. The summed E-state index contributed by atoms with van der Waals surface area (Å²) in [5, 5.41) is 0. The maximum absolute atomic E-state index is 13.4. The smallest absolute Gasteiger partial charge is 0.328 e. The molecule has 0 spiro atoms. The highest BCUT2D eigenvalue weighted by Gasteiger charge is 2.38. The molecule has 1 fully saturated rings. The summed E-state index contributed by atoms with van der Waals surface area (Å²) in [5.41, 5.74) is -0.569. The second-order valence-corrected chi connectivity index (χ2v) is 8.71. The Kier molecular flexibility index (Phi) is 6.96. The molecule has 1 saturated heterocycles. The number of carbonyl (C=O) groups excluding carboxylic acids is 2. The molecule has 2 amide bonds. The van der Waals surface area contributed by atoms with Gasteiger partial charge in [0.05, 0.1) is 24.3 Å². The number of piperidine rings is 1. The minimum absolute atomic E-state index is 0.118. The molecule has 9 nitrogen and oxygen atoms in total. The summed E-state index contributed by atoms with van der Waals surface area (Å²) in [6.07, 6.45) is 6.43. The van der Waals surface area contributed by atoms with Crippen molar-refractivity contribution < 1.29 is 14.3 Å². The molecule has 2 aromatic rings. The first-order valence-corrected chi connectivity index (χ1v) is 11.5. The first-order chi connectivity index (χ1) is 16.0. The summed E-state index contributed by atoms with van der Waals surface area (Å²) in [4.78, 5) is 55.9. The van der Waals surface area contributed by atoms with Crippen molar-refractivity contribution >= 4 is 11.8 Å². The van der Waals surface area contributed by atoms with Gasteiger partial charge in [0.1, 0.15) is 12.3 Å². The Morgan fingerprint density at radius 3 is 2.64 bits per heavy atom. The van der Waals surface area contributed by atoms with Crippen LogP contribution in [0.4, 0.5) is 0 Å². The molecule has 4 rings (SSSR count). The van der Waals surface area contributed by atoms with E-state index in [1.807, 2.05) is 23.1 Å². The Morgan fingerprint density at radius 1 is 1.03 bits per heavy atom. The molecule has 2 aliphatic rings. The fourth-order valence-corrected chi connectivity index (χ4v) is 4.88. The van der Waals surface area contributed by atoms with Gasteiger partial charge in [-0.1, -0.05) is 18.6 Å². The molecule has 0 bridgehead atoms. The molecule has 0 saturated carbocycles. The number of H-pyrrole nitrogens is 1. The Morgan fingerprint density at radius 2 is 1.82 bits per heavy atom. The van der Waals surface area contributed by atoms with E-state index < -0.39 is 11.2 Å². The van der Waals surface area contributed by atoms with E-state index in [0.29, 0.717) is 24.5 Å². The average molecular weight is 455 g/mol. The first-order valence-electron chi connectivity index (χ1n) is 11.5. The van der Waals surface area contributed by atoms with Crippen LogP contribution in [0.2, 0.25) is 0 Å². The lowest BCUT2D eigenvalue weighted by atomic mass is 9.90. The van der Waals surface area contributed by atoms with Gasteiger partial charge in [-0.15, -0.1) is 0 Å². The van der Waals surface area contributed by atoms with Crippen LogP contribution in [0.25, 0.3) is 0 Å². The summed E-state index contributed by atoms with van der Waals surface area (Å²) in [7, 11) is 1.79. The summed E-state index contributed by atoms with van der Waals surface area (Å²) < 4.78 is 7.10. The van der Waals surface area contributed by atoms with Gasteiger partial charge in [-0.2, -0.15) is 0 Å². The molecule has 1 aromatic heterocycles. The fraction of sp³-hybridized carbons (Fsp3) is 0.500. The van der Waals surface area contributed by atoms with E-state index in [9.17, 15) is 19.2 Å². The number of amides is 2. The number of aromatic amines is 1. The predicted octanol–water partition coefficient (Wildman–Crippen LogP) is 1.62. The number of hydrogen-bond acceptors (Lipinski definition) is 5. The van der Waals surface area contributed by atoms with Crippen molar-refractivity contribution in [2.45, 2.75) is 57.2 Å². The molecule has 2 aliphatic heterocycles. The highest BCUT2D eigenvalue weighted by Crippen LogP contribution is 2.29. The number of hydrogen-bond donors (Lipinski definition) is 1. The highest BCUT2D eigenvalue weighted by atomic mass is 16.5. The largest absolute Gasteiger partial charge is 0.493 e. The number of aromatic nitrogens is 2. The number of para-hydroxylation sites is 1. The zero-order valence-corrected chi connectivity index (χ0v) is 18.9. The van der Waals surface area contributed by atoms with Gasteiger partial charge in [0, 0.05) is 25.9 Å². The third-order valence-electron chi connectivity index (χ3n) is 6.60. The van der Waals surface area contributed by atoms with Crippen LogP contribution in [0, 0.1) is 0 Å². The SMILES string of the molecule is CN1C(=O)c2ccccc2OCCCCC[C@H]2[C@@H]1CCCN2C(=O)Cn1ccc(=O)[nH]c1=O. The third-order valence-corrected chi connectivity index (χ3v) is 6.60. The first kappa shape index (κ1) is 22.8. The van der Waals surface area contributed by atoms with Crippen LogP contribution >= 0.6 is 0 Å². The number of benzene rings is 1. The minimum Gasteiger partial charge on any atom is -0.493 e. The zero-order chi connectivity index (χ0) is 23.4. The van der Waals surface area contributed by atoms with Crippen molar-refractivity contribution in [2.24, 2.45) is 0 Å². The molecule has 176 valence electrons. The average Bonchev–Trinajstić information content (AvgIpc) is 2.81. The van der Waals surface area contributed by atoms with Gasteiger partial charge in [0.25, 0.3) is 11.5 Å². The molecule has 2 atom stereocenters. The van der Waals surface area contributed by atoms with E-state index in [4.69, 9.17) is 4.74 Å². The number of likely N-dealkylation sites (tertiary alicyclic amines) is 1. The van der Waals surface area contributed by atoms with Gasteiger partial charge >= 0.3 is 5.69 Å². The van der Waals surface area contributed by atoms with Crippen molar-refractivity contribution in [1.29, 1.82) is 0 Å². The monoisotopic (exact) mass is 454 g/mol. The van der Waals surface area contributed by atoms with Crippen LogP contribution in [-0.4, -0.2) is 63.4 Å². The molecular weight excluding hydrogens is 424 g/mol. The number of carbonyl (C=O) groups is 2. The molecule has 0 unspecified atom stereocenters. The van der Waals surface area contributed by atoms with Crippen LogP contribution in [0.3, 0.4) is 0 Å². The normalized spacial score (nSPS) is 21.8. The molecule has 1 aromatic carbocycles. The summed E-state index contributed by atoms with van der Waals surface area (Å²) in [5.74, 6) is 0.288. The molecule has 3 heterocycles. The van der Waals surface area contributed by atoms with Crippen LogP contribution in [0.5, 0.6) is 5.75 Å². The van der Waals surface area contributed by atoms with Gasteiger partial charge < -0.3 is 14.5 Å². The van der Waals surface area contributed by atoms with Crippen molar-refractivity contribution in [1.82, 2.24) is 19.4 Å². The minimum atomic E-state index is -0.605. The summed E-state index contributed by atoms with van der Waals surface area (Å²) in [6.45, 7) is 0.979. The quantitative estimate of drug-likeness (QED) is 0.743. The number of likely N-dealkylation sites (N-methyl/N-ethyl adjacent to an activating group) is 1. The Balaban J connectivity index is 1.61. The van der Waals surface area contributed by atoms with Crippen molar-refractivity contribution in [3.63, 3.8) is 0 Å². The van der Waals surface area contributed by atoms with Gasteiger partial charge in [0.15, 0.2) is 0 Å². The lowest BCUT2D eigenvalue weighted by Crippen LogP contribution is -2.58. The second-order valence-electron chi connectivity index (χ2n) is 8.71. The molecule has 33 heavy (non-hydrogen) atoms. The van der Waals surface area contributed by atoms with E-state index in [2.05, 4.69) is 4.98 Å². The van der Waals surface area contributed by atoms with Crippen LogP contribution in [0.15, 0.2) is 46.1 Å². The topological polar surface area (TPSA) is 105 Å². The number of rotatable bonds is 2. The van der Waals surface area contributed by atoms with Gasteiger partial charge in [0.2, 0.25) is 5.91 Å². The second kappa shape index (κ2) is 10.1. The van der Waals surface area contributed by atoms with Crippen LogP contribution < -0.4 is 16.0 Å². The maximum atomic E-state index is 13.4. The molecule has 1 N–H and O–H groups in total. The van der Waals surface area contributed by atoms with E-state index in [-0.39, 0.29) is 30.4 Å². The van der Waals surface area contributed by atoms with Gasteiger partial charge in [-0.05, 0) is 44.2 Å². The molecule has 0 aliphatic carbocycles. The maximum Gasteiger partial charge on any atom is 0.328 e. The van der Waals surface area contributed by atoms with Crippen LogP contribution in [-0.2, 0) is 11.3 Å². The highest BCUT2D eigenvalue weighted by molar-refractivity contribution is 5.97. The number of fused-ring (bicyclic) bond motifs is 2. The number of ether oxygens (including phenoxy) is 1. The van der Waals surface area contributed by atoms with E-state index >= 15 is 0 Å². The lowest BCUT2D eigenvalue weighted by Gasteiger charge is -2.45. The molecular formula is C24H30N4O5. The van der Waals surface area contributed by atoms with Gasteiger partial charge in [-0.25, -0.2) is 4.79 Å². The summed E-state index contributed by atoms with van der Waals surface area (Å²) in [6, 6.07) is 8.26. The zero-order valence-electron chi connectivity index (χ0n) is 18.9. The van der Waals surface area contributed by atoms with E-state index in [1.165, 1.54) is 16.8 Å². The standard InChI is InChI=1S/C24H30N4O5/c1-26-18-10-7-13-28(22(30)16-27-14-12-21(29)25-24(27)32)19(18)9-3-2-6-15-33-20-11-5-4-8-17(20)23(26)31/h4-5,8,11-12,14,18-19H,2-3,6-7,9-10,13,15-16H2,1H3,(H,25,29,32)/t18-,19-/m0/s1. The van der Waals surface area contributed by atoms with Gasteiger partial charge in [-0.3, -0.25) is 23.9 Å². The van der Waals surface area contributed by atoms with Crippen molar-refractivity contribution in [3.05, 3.63) is 62.9 Å². The fourth-order valence-electron chi connectivity index (χ4n) is 4.88. The van der Waals surface area contributed by atoms with Crippen LogP contribution in [0.1, 0.15) is 48.9 Å². The van der Waals surface area contributed by atoms with Crippen molar-refractivity contribution in [2.75, 3.05) is 20.2 Å². The Bertz CT molecular complexity index is 1120. The van der Waals surface area contributed by atoms with Crippen molar-refractivity contribution in [3.8, 4) is 5.75 Å². The molecule has 0 radical (unpaired) electrons. The van der Waals surface area contributed by atoms with E-state index in [0.717, 1.165) is 38.5 Å². The number of nitrogens with zero attached hydrogens (tertiary/aromatic N) is 3. The lowest BCUT2D eigenvalue weighted by molar-refractivity contribution is -0.137. The van der Waals surface area contributed by atoms with E-state index in [1.54, 1.807) is 18.0 Å². The third kappa shape index (κ3) is 5.02. The Hall–Kier alpha value is -3.36. The number of nitrogens with one attached hydrogen (secondary N) is 1. The predicted molar refractivity (Wildman–Crippen MR) is 122 cm³/mol. The Labute approximate surface area is 192 Å². The molecule has 9 heteroatoms.